The maximum atomic E-state index is 9.43. The second kappa shape index (κ2) is 3.49. The van der Waals surface area contributed by atoms with Gasteiger partial charge in [0.2, 0.25) is 0 Å². The molecular weight excluding hydrogens is 184 g/mol. The Hall–Kier alpha value is 0.150. The Morgan fingerprint density at radius 2 is 1.92 bits per heavy atom. The van der Waals surface area contributed by atoms with Gasteiger partial charge in [-0.15, -0.1) is 11.8 Å². The van der Waals surface area contributed by atoms with Crippen molar-refractivity contribution in [2.45, 2.75) is 23.2 Å². The van der Waals surface area contributed by atoms with E-state index in [1.165, 1.54) is 0 Å². The SMILES string of the molecule is OC[C@@]1(O)SC[C@H](O)[C@@H](O)[C@H]1O. The summed E-state index contributed by atoms with van der Waals surface area (Å²) in [7, 11) is 0. The van der Waals surface area contributed by atoms with E-state index in [9.17, 15) is 10.2 Å². The monoisotopic (exact) mass is 196 g/mol. The van der Waals surface area contributed by atoms with Crippen molar-refractivity contribution >= 4 is 11.8 Å². The van der Waals surface area contributed by atoms with Crippen molar-refractivity contribution in [1.82, 2.24) is 0 Å². The summed E-state index contributed by atoms with van der Waals surface area (Å²) in [6.07, 6.45) is -3.98. The van der Waals surface area contributed by atoms with Gasteiger partial charge < -0.3 is 25.5 Å². The van der Waals surface area contributed by atoms with Crippen LogP contribution in [-0.2, 0) is 0 Å². The maximum absolute atomic E-state index is 9.43. The van der Waals surface area contributed by atoms with E-state index in [1.807, 2.05) is 0 Å². The van der Waals surface area contributed by atoms with Crippen LogP contribution in [0.2, 0.25) is 0 Å². The van der Waals surface area contributed by atoms with Crippen molar-refractivity contribution in [3.63, 3.8) is 0 Å². The highest BCUT2D eigenvalue weighted by Crippen LogP contribution is 2.34. The molecule has 1 rings (SSSR count). The Bertz CT molecular complexity index is 166. The predicted octanol–water partition coefficient (Wildman–Crippen LogP) is -2.50. The highest BCUT2D eigenvalue weighted by Gasteiger charge is 2.47. The second-order valence-electron chi connectivity index (χ2n) is 2.82. The zero-order chi connectivity index (χ0) is 9.35. The topological polar surface area (TPSA) is 101 Å². The summed E-state index contributed by atoms with van der Waals surface area (Å²) in [5.74, 6) is 0.0925. The molecule has 1 heterocycles. The van der Waals surface area contributed by atoms with Crippen LogP contribution < -0.4 is 0 Å². The molecule has 5 nitrogen and oxygen atoms in total. The molecule has 4 atom stereocenters. The van der Waals surface area contributed by atoms with Gasteiger partial charge in [0, 0.05) is 5.75 Å². The van der Waals surface area contributed by atoms with E-state index in [4.69, 9.17) is 15.3 Å². The van der Waals surface area contributed by atoms with Gasteiger partial charge >= 0.3 is 0 Å². The zero-order valence-electron chi connectivity index (χ0n) is 6.29. The summed E-state index contributed by atoms with van der Waals surface area (Å²) in [4.78, 5) is -1.75. The average Bonchev–Trinajstić information content (AvgIpc) is 2.09. The van der Waals surface area contributed by atoms with Crippen LogP contribution in [0, 0.1) is 0 Å². The summed E-state index contributed by atoms with van der Waals surface area (Å²) in [6.45, 7) is -0.650. The van der Waals surface area contributed by atoms with E-state index in [2.05, 4.69) is 0 Å². The van der Waals surface area contributed by atoms with E-state index < -0.39 is 29.9 Å². The Kier molecular flexibility index (Phi) is 2.97. The number of hydrogen-bond donors (Lipinski definition) is 5. The molecule has 0 amide bonds. The van der Waals surface area contributed by atoms with Crippen molar-refractivity contribution in [3.8, 4) is 0 Å². The van der Waals surface area contributed by atoms with Crippen LogP contribution in [0.3, 0.4) is 0 Å². The van der Waals surface area contributed by atoms with E-state index in [1.54, 1.807) is 0 Å². The van der Waals surface area contributed by atoms with Crippen molar-refractivity contribution in [2.75, 3.05) is 12.4 Å². The third kappa shape index (κ3) is 1.59. The zero-order valence-corrected chi connectivity index (χ0v) is 7.11. The fraction of sp³-hybridized carbons (Fsp3) is 1.00. The first kappa shape index (κ1) is 10.2. The smallest absolute Gasteiger partial charge is 0.161 e. The highest BCUT2D eigenvalue weighted by atomic mass is 32.2. The van der Waals surface area contributed by atoms with Gasteiger partial charge in [0.05, 0.1) is 12.7 Å². The molecular formula is C6H12O5S. The fourth-order valence-electron chi connectivity index (χ4n) is 1.03. The van der Waals surface area contributed by atoms with Gasteiger partial charge in [0.15, 0.2) is 4.93 Å². The van der Waals surface area contributed by atoms with Gasteiger partial charge in [0.1, 0.15) is 12.2 Å². The normalized spacial score (nSPS) is 49.2. The Morgan fingerprint density at radius 3 is 2.42 bits per heavy atom. The van der Waals surface area contributed by atoms with E-state index in [-0.39, 0.29) is 5.75 Å². The number of hydrogen-bond acceptors (Lipinski definition) is 6. The van der Waals surface area contributed by atoms with Gasteiger partial charge in [-0.3, -0.25) is 0 Å². The molecule has 1 aliphatic rings. The molecule has 0 bridgehead atoms. The molecule has 1 saturated heterocycles. The van der Waals surface area contributed by atoms with Crippen LogP contribution in [0.25, 0.3) is 0 Å². The molecule has 0 aromatic heterocycles. The Labute approximate surface area is 73.7 Å². The van der Waals surface area contributed by atoms with Crippen LogP contribution in [0.5, 0.6) is 0 Å². The van der Waals surface area contributed by atoms with E-state index in [0.717, 1.165) is 11.8 Å². The van der Waals surface area contributed by atoms with Crippen LogP contribution in [0.15, 0.2) is 0 Å². The summed E-state index contributed by atoms with van der Waals surface area (Å²) in [5, 5.41) is 45.5. The predicted molar refractivity (Wildman–Crippen MR) is 42.5 cm³/mol. The third-order valence-electron chi connectivity index (χ3n) is 1.91. The van der Waals surface area contributed by atoms with Gasteiger partial charge in [-0.05, 0) is 0 Å². The summed E-state index contributed by atoms with van der Waals surface area (Å²) in [6, 6.07) is 0. The van der Waals surface area contributed by atoms with Gasteiger partial charge in [-0.1, -0.05) is 0 Å². The minimum absolute atomic E-state index is 0.0925. The van der Waals surface area contributed by atoms with Gasteiger partial charge in [0.25, 0.3) is 0 Å². The minimum Gasteiger partial charge on any atom is -0.392 e. The number of aliphatic hydroxyl groups excluding tert-OH is 4. The minimum atomic E-state index is -1.75. The molecule has 1 fully saturated rings. The molecule has 6 heteroatoms. The average molecular weight is 196 g/mol. The number of rotatable bonds is 1. The summed E-state index contributed by atoms with van der Waals surface area (Å²) >= 11 is 0.831. The lowest BCUT2D eigenvalue weighted by atomic mass is 10.0. The molecule has 12 heavy (non-hydrogen) atoms. The van der Waals surface area contributed by atoms with E-state index >= 15 is 0 Å². The summed E-state index contributed by atoms with van der Waals surface area (Å²) in [5.41, 5.74) is 0. The third-order valence-corrected chi connectivity index (χ3v) is 3.29. The largest absolute Gasteiger partial charge is 0.392 e. The lowest BCUT2D eigenvalue weighted by molar-refractivity contribution is -0.131. The van der Waals surface area contributed by atoms with Crippen molar-refractivity contribution in [1.29, 1.82) is 0 Å². The Morgan fingerprint density at radius 1 is 1.33 bits per heavy atom. The first-order valence-electron chi connectivity index (χ1n) is 3.52. The second-order valence-corrected chi connectivity index (χ2v) is 4.15. The van der Waals surface area contributed by atoms with Crippen LogP contribution in [0.1, 0.15) is 0 Å². The van der Waals surface area contributed by atoms with Crippen molar-refractivity contribution in [2.24, 2.45) is 0 Å². The Balaban J connectivity index is 2.71. The molecule has 0 aromatic carbocycles. The van der Waals surface area contributed by atoms with Gasteiger partial charge in [-0.2, -0.15) is 0 Å². The molecule has 0 spiro atoms. The van der Waals surface area contributed by atoms with Crippen LogP contribution in [-0.4, -0.2) is 61.1 Å². The molecule has 0 saturated carbocycles. The molecule has 1 aliphatic heterocycles. The maximum Gasteiger partial charge on any atom is 0.161 e. The van der Waals surface area contributed by atoms with Crippen LogP contribution >= 0.6 is 11.8 Å². The van der Waals surface area contributed by atoms with Crippen molar-refractivity contribution < 1.29 is 25.5 Å². The van der Waals surface area contributed by atoms with Crippen LogP contribution in [0.4, 0.5) is 0 Å². The highest BCUT2D eigenvalue weighted by molar-refractivity contribution is 8.00. The molecule has 0 aromatic rings. The fourth-order valence-corrected chi connectivity index (χ4v) is 2.09. The van der Waals surface area contributed by atoms with Gasteiger partial charge in [-0.25, -0.2) is 0 Å². The molecule has 0 aliphatic carbocycles. The molecule has 72 valence electrons. The summed E-state index contributed by atoms with van der Waals surface area (Å²) < 4.78 is 0. The number of thioether (sulfide) groups is 1. The standard InChI is InChI=1S/C6H12O5S/c7-2-6(11)5(10)4(9)3(8)1-12-6/h3-5,7-11H,1-2H2/t3-,4+,5+,6+/m0/s1. The molecule has 0 unspecified atom stereocenters. The number of aliphatic hydroxyl groups is 5. The first-order chi connectivity index (χ1) is 5.51. The lowest BCUT2D eigenvalue weighted by Gasteiger charge is -2.39. The molecule has 5 N–H and O–H groups in total. The first-order valence-corrected chi connectivity index (χ1v) is 4.51. The quantitative estimate of drug-likeness (QED) is 0.318. The lowest BCUT2D eigenvalue weighted by Crippen LogP contribution is -2.58. The van der Waals surface area contributed by atoms with E-state index in [0.29, 0.717) is 0 Å². The van der Waals surface area contributed by atoms with Crippen molar-refractivity contribution in [3.05, 3.63) is 0 Å². The molecule has 0 radical (unpaired) electrons.